The van der Waals surface area contributed by atoms with E-state index in [2.05, 4.69) is 0 Å². The highest BCUT2D eigenvalue weighted by Crippen LogP contribution is 2.42. The van der Waals surface area contributed by atoms with E-state index >= 15 is 0 Å². The Balaban J connectivity index is 1.73. The third-order valence-electron chi connectivity index (χ3n) is 5.31. The fourth-order valence-corrected chi connectivity index (χ4v) is 4.41. The van der Waals surface area contributed by atoms with Crippen molar-refractivity contribution >= 4 is 46.4 Å². The number of halogens is 2. The molecule has 2 atom stereocenters. The number of benzene rings is 2. The second kappa shape index (κ2) is 7.65. The van der Waals surface area contributed by atoms with Crippen LogP contribution in [0, 0.1) is 22.0 Å². The first-order valence-electron chi connectivity index (χ1n) is 9.15. The summed E-state index contributed by atoms with van der Waals surface area (Å²) < 4.78 is 5.70. The Morgan fingerprint density at radius 2 is 1.66 bits per heavy atom. The lowest BCUT2D eigenvalue weighted by atomic mass is 9.81. The predicted molar refractivity (Wildman–Crippen MR) is 108 cm³/mol. The van der Waals surface area contributed by atoms with Crippen LogP contribution in [0.2, 0.25) is 10.0 Å². The van der Waals surface area contributed by atoms with Gasteiger partial charge in [0.25, 0.3) is 5.69 Å². The maximum Gasteiger partial charge on any atom is 0.275 e. The van der Waals surface area contributed by atoms with Gasteiger partial charge in [0.2, 0.25) is 11.8 Å². The van der Waals surface area contributed by atoms with E-state index in [-0.39, 0.29) is 51.5 Å². The van der Waals surface area contributed by atoms with E-state index in [1.165, 1.54) is 30.3 Å². The molecule has 0 spiro atoms. The van der Waals surface area contributed by atoms with Gasteiger partial charge in [0.05, 0.1) is 33.5 Å². The van der Waals surface area contributed by atoms with E-state index in [1.54, 1.807) is 6.07 Å². The highest BCUT2D eigenvalue weighted by molar-refractivity contribution is 6.35. The number of rotatable bonds is 4. The number of fused-ring (bicyclic) bond motifs is 1. The van der Waals surface area contributed by atoms with Gasteiger partial charge in [-0.15, -0.1) is 0 Å². The maximum atomic E-state index is 12.9. The van der Waals surface area contributed by atoms with Gasteiger partial charge in [-0.2, -0.15) is 0 Å². The Morgan fingerprint density at radius 3 is 2.24 bits per heavy atom. The van der Waals surface area contributed by atoms with Crippen molar-refractivity contribution < 1.29 is 19.2 Å². The fourth-order valence-electron chi connectivity index (χ4n) is 3.96. The standard InChI is InChI=1S/C20H16Cl2N2O5/c21-11-5-6-18(17(22)7-11)29-14-9-12(8-13(10-14)24(27)28)23-19(25)15-3-1-2-4-16(15)20(23)26/h5-10,15-16H,1-4H2. The molecule has 29 heavy (non-hydrogen) atoms. The molecular formula is C20H16Cl2N2O5. The molecule has 1 saturated heterocycles. The van der Waals surface area contributed by atoms with Crippen molar-refractivity contribution in [3.05, 3.63) is 56.6 Å². The quantitative estimate of drug-likeness (QED) is 0.366. The van der Waals surface area contributed by atoms with E-state index in [9.17, 15) is 19.7 Å². The summed E-state index contributed by atoms with van der Waals surface area (Å²) in [5.74, 6) is -0.994. The summed E-state index contributed by atoms with van der Waals surface area (Å²) in [6, 6.07) is 8.44. The third-order valence-corrected chi connectivity index (χ3v) is 5.84. The lowest BCUT2D eigenvalue weighted by Gasteiger charge is -2.19. The van der Waals surface area contributed by atoms with E-state index < -0.39 is 4.92 Å². The average Bonchev–Trinajstić information content (AvgIpc) is 2.95. The highest BCUT2D eigenvalue weighted by atomic mass is 35.5. The predicted octanol–water partition coefficient (Wildman–Crippen LogP) is 5.37. The van der Waals surface area contributed by atoms with Crippen molar-refractivity contribution in [3.8, 4) is 11.5 Å². The van der Waals surface area contributed by atoms with Gasteiger partial charge in [0.1, 0.15) is 11.5 Å². The second-order valence-corrected chi connectivity index (χ2v) is 7.97. The van der Waals surface area contributed by atoms with E-state index in [1.807, 2.05) is 0 Å². The molecule has 0 aromatic heterocycles. The largest absolute Gasteiger partial charge is 0.455 e. The number of amides is 2. The van der Waals surface area contributed by atoms with Gasteiger partial charge in [-0.1, -0.05) is 36.0 Å². The Morgan fingerprint density at radius 1 is 1.00 bits per heavy atom. The molecule has 1 saturated carbocycles. The number of nitro benzene ring substituents is 1. The summed E-state index contributed by atoms with van der Waals surface area (Å²) in [7, 11) is 0. The molecule has 2 unspecified atom stereocenters. The van der Waals surface area contributed by atoms with Crippen molar-refractivity contribution in [2.75, 3.05) is 4.90 Å². The van der Waals surface area contributed by atoms with Crippen LogP contribution in [0.4, 0.5) is 11.4 Å². The van der Waals surface area contributed by atoms with E-state index in [4.69, 9.17) is 27.9 Å². The van der Waals surface area contributed by atoms with Gasteiger partial charge in [-0.25, -0.2) is 4.90 Å². The van der Waals surface area contributed by atoms with Gasteiger partial charge in [-0.3, -0.25) is 19.7 Å². The van der Waals surface area contributed by atoms with Gasteiger partial charge >= 0.3 is 0 Å². The van der Waals surface area contributed by atoms with Crippen molar-refractivity contribution in [1.82, 2.24) is 0 Å². The minimum absolute atomic E-state index is 0.0916. The molecule has 1 heterocycles. The van der Waals surface area contributed by atoms with Gasteiger partial charge in [0, 0.05) is 17.2 Å². The fraction of sp³-hybridized carbons (Fsp3) is 0.300. The molecule has 0 N–H and O–H groups in total. The second-order valence-electron chi connectivity index (χ2n) is 7.13. The van der Waals surface area contributed by atoms with Gasteiger partial charge < -0.3 is 4.74 Å². The molecule has 7 nitrogen and oxygen atoms in total. The summed E-state index contributed by atoms with van der Waals surface area (Å²) in [5.41, 5.74) is -0.165. The van der Waals surface area contributed by atoms with Crippen LogP contribution in [0.5, 0.6) is 11.5 Å². The number of imide groups is 1. The first-order valence-corrected chi connectivity index (χ1v) is 9.91. The van der Waals surface area contributed by atoms with Crippen LogP contribution in [-0.4, -0.2) is 16.7 Å². The van der Waals surface area contributed by atoms with Crippen LogP contribution < -0.4 is 9.64 Å². The third kappa shape index (κ3) is 3.68. The zero-order chi connectivity index (χ0) is 20.7. The molecule has 2 aliphatic rings. The van der Waals surface area contributed by atoms with Crippen LogP contribution in [0.25, 0.3) is 0 Å². The SMILES string of the molecule is O=C1C2CCCCC2C(=O)N1c1cc(Oc2ccc(Cl)cc2Cl)cc([N+](=O)[O-])c1. The normalized spacial score (nSPS) is 21.2. The zero-order valence-corrected chi connectivity index (χ0v) is 16.7. The van der Waals surface area contributed by atoms with Crippen molar-refractivity contribution in [2.45, 2.75) is 25.7 Å². The molecular weight excluding hydrogens is 419 g/mol. The van der Waals surface area contributed by atoms with Crippen LogP contribution in [0.3, 0.4) is 0 Å². The maximum absolute atomic E-state index is 12.9. The Kier molecular flexibility index (Phi) is 5.19. The summed E-state index contributed by atoms with van der Waals surface area (Å²) in [6.07, 6.45) is 3.10. The van der Waals surface area contributed by atoms with Crippen molar-refractivity contribution in [1.29, 1.82) is 0 Å². The Labute approximate surface area is 176 Å². The minimum Gasteiger partial charge on any atom is -0.455 e. The van der Waals surface area contributed by atoms with Crippen LogP contribution in [-0.2, 0) is 9.59 Å². The zero-order valence-electron chi connectivity index (χ0n) is 15.1. The molecule has 9 heteroatoms. The van der Waals surface area contributed by atoms with E-state index in [0.717, 1.165) is 17.7 Å². The summed E-state index contributed by atoms with van der Waals surface area (Å²) in [5, 5.41) is 12.1. The number of anilines is 1. The molecule has 2 fully saturated rings. The molecule has 4 rings (SSSR count). The molecule has 2 aromatic carbocycles. The number of nitrogens with zero attached hydrogens (tertiary/aromatic N) is 2. The lowest BCUT2D eigenvalue weighted by molar-refractivity contribution is -0.384. The minimum atomic E-state index is -0.599. The Bertz CT molecular complexity index is 1000. The smallest absolute Gasteiger partial charge is 0.275 e. The lowest BCUT2D eigenvalue weighted by Crippen LogP contribution is -2.30. The van der Waals surface area contributed by atoms with Crippen LogP contribution >= 0.6 is 23.2 Å². The topological polar surface area (TPSA) is 89.8 Å². The number of non-ortho nitro benzene ring substituents is 1. The highest BCUT2D eigenvalue weighted by Gasteiger charge is 2.49. The first-order chi connectivity index (χ1) is 13.8. The molecule has 0 radical (unpaired) electrons. The molecule has 1 aliphatic heterocycles. The number of hydrogen-bond donors (Lipinski definition) is 0. The average molecular weight is 435 g/mol. The van der Waals surface area contributed by atoms with Gasteiger partial charge in [-0.05, 0) is 31.0 Å². The monoisotopic (exact) mass is 434 g/mol. The number of hydrogen-bond acceptors (Lipinski definition) is 5. The van der Waals surface area contributed by atoms with E-state index in [0.29, 0.717) is 17.9 Å². The number of carbonyl (C=O) groups is 2. The molecule has 150 valence electrons. The van der Waals surface area contributed by atoms with Crippen LogP contribution in [0.1, 0.15) is 25.7 Å². The van der Waals surface area contributed by atoms with Crippen LogP contribution in [0.15, 0.2) is 36.4 Å². The molecule has 2 aromatic rings. The molecule has 2 amide bonds. The first kappa shape index (κ1) is 19.7. The van der Waals surface area contributed by atoms with Crippen molar-refractivity contribution in [2.24, 2.45) is 11.8 Å². The van der Waals surface area contributed by atoms with Gasteiger partial charge in [0.15, 0.2) is 0 Å². The molecule has 1 aliphatic carbocycles. The Hall–Kier alpha value is -2.64. The summed E-state index contributed by atoms with van der Waals surface area (Å²) >= 11 is 12.0. The summed E-state index contributed by atoms with van der Waals surface area (Å²) in [4.78, 5) is 37.6. The number of carbonyl (C=O) groups excluding carboxylic acids is 2. The van der Waals surface area contributed by atoms with Crippen molar-refractivity contribution in [3.63, 3.8) is 0 Å². The number of ether oxygens (including phenoxy) is 1. The summed E-state index contributed by atoms with van der Waals surface area (Å²) in [6.45, 7) is 0. The molecule has 0 bridgehead atoms. The number of nitro groups is 1.